The van der Waals surface area contributed by atoms with Crippen molar-refractivity contribution >= 4 is 29.8 Å². The van der Waals surface area contributed by atoms with Gasteiger partial charge in [0.15, 0.2) is 0 Å². The van der Waals surface area contributed by atoms with Crippen molar-refractivity contribution in [2.24, 2.45) is 0 Å². The third kappa shape index (κ3) is 8.39. The Bertz CT molecular complexity index is 867. The number of fused-ring (bicyclic) bond motifs is 1. The number of benzene rings is 2. The summed E-state index contributed by atoms with van der Waals surface area (Å²) in [5.74, 6) is -0.163. The average Bonchev–Trinajstić information content (AvgIpc) is 3.00. The van der Waals surface area contributed by atoms with Gasteiger partial charge in [-0.3, -0.25) is 9.59 Å². The number of hydrogen-bond acceptors (Lipinski definition) is 6. The molecule has 2 aromatic carbocycles. The maximum Gasteiger partial charge on any atom is 0.293 e. The van der Waals surface area contributed by atoms with Crippen molar-refractivity contribution in [2.75, 3.05) is 24.8 Å². The van der Waals surface area contributed by atoms with Gasteiger partial charge in [-0.1, -0.05) is 43.7 Å². The molecule has 32 heavy (non-hydrogen) atoms. The maximum absolute atomic E-state index is 11.9. The molecule has 0 aliphatic carbocycles. The Kier molecular flexibility index (Phi) is 15.4. The van der Waals surface area contributed by atoms with E-state index in [-0.39, 0.29) is 25.2 Å². The lowest BCUT2D eigenvalue weighted by atomic mass is 9.94. The van der Waals surface area contributed by atoms with Gasteiger partial charge in [-0.15, -0.1) is 24.6 Å². The van der Waals surface area contributed by atoms with E-state index in [9.17, 15) is 14.7 Å². The molecule has 1 aliphatic heterocycles. The number of carbonyl (C=O) groups excluding carboxylic acids is 2. The number of ether oxygens (including phenoxy) is 2. The zero-order valence-corrected chi connectivity index (χ0v) is 20.2. The van der Waals surface area contributed by atoms with Gasteiger partial charge in [0, 0.05) is 16.1 Å². The number of aryl methyl sites for hydroxylation is 1. The Morgan fingerprint density at radius 2 is 1.94 bits per heavy atom. The fourth-order valence-corrected chi connectivity index (χ4v) is 3.61. The standard InChI is InChI=1S/C18H19NO3S.C3H6O2.C2H6.C2H2/c1-11-6-7-15-13(8-11)18(22-10-17(21)19-15)12-4-3-5-16(23-2)14(12)9-20;1-2-5-3-4;2*1-2/h3-8,18,20H,9-10H2,1-2H3,(H,19,21);3H,2H2,1H3;1-2H3;1-2H/t18-;;;/m1.../s1. The molecule has 0 bridgehead atoms. The van der Waals surface area contributed by atoms with E-state index in [1.54, 1.807) is 18.7 Å². The lowest BCUT2D eigenvalue weighted by molar-refractivity contribution is -0.128. The van der Waals surface area contributed by atoms with Crippen LogP contribution in [0, 0.1) is 19.8 Å². The van der Waals surface area contributed by atoms with Crippen LogP contribution in [-0.2, 0) is 25.7 Å². The number of rotatable bonds is 5. The lowest BCUT2D eigenvalue weighted by Crippen LogP contribution is -2.16. The number of terminal acetylenes is 1. The van der Waals surface area contributed by atoms with E-state index in [0.29, 0.717) is 13.1 Å². The molecule has 1 atom stereocenters. The first-order valence-corrected chi connectivity index (χ1v) is 11.4. The molecule has 2 N–H and O–H groups in total. The van der Waals surface area contributed by atoms with Gasteiger partial charge in [0.2, 0.25) is 5.91 Å². The zero-order chi connectivity index (χ0) is 24.5. The van der Waals surface area contributed by atoms with Crippen LogP contribution in [0.3, 0.4) is 0 Å². The number of hydrogen-bond donors (Lipinski definition) is 2. The first-order valence-electron chi connectivity index (χ1n) is 10.2. The van der Waals surface area contributed by atoms with Crippen LogP contribution >= 0.6 is 11.8 Å². The summed E-state index contributed by atoms with van der Waals surface area (Å²) in [4.78, 5) is 22.1. The predicted molar refractivity (Wildman–Crippen MR) is 131 cm³/mol. The molecular formula is C25H33NO5S. The van der Waals surface area contributed by atoms with Gasteiger partial charge in [-0.05, 0) is 43.4 Å². The van der Waals surface area contributed by atoms with Crippen LogP contribution in [0.15, 0.2) is 41.3 Å². The molecule has 174 valence electrons. The first-order chi connectivity index (χ1) is 15.5. The zero-order valence-electron chi connectivity index (χ0n) is 19.4. The molecule has 0 unspecified atom stereocenters. The van der Waals surface area contributed by atoms with E-state index in [0.717, 1.165) is 32.8 Å². The Balaban J connectivity index is 0.000000928. The summed E-state index contributed by atoms with van der Waals surface area (Å²) in [5, 5.41) is 12.7. The lowest BCUT2D eigenvalue weighted by Gasteiger charge is -2.22. The van der Waals surface area contributed by atoms with Gasteiger partial charge in [0.1, 0.15) is 12.7 Å². The molecular weight excluding hydrogens is 426 g/mol. The van der Waals surface area contributed by atoms with E-state index in [2.05, 4.69) is 22.9 Å². The van der Waals surface area contributed by atoms with Crippen LogP contribution in [0.5, 0.6) is 0 Å². The minimum atomic E-state index is -0.377. The quantitative estimate of drug-likeness (QED) is 0.382. The van der Waals surface area contributed by atoms with Crippen molar-refractivity contribution in [3.63, 3.8) is 0 Å². The van der Waals surface area contributed by atoms with Crippen LogP contribution in [0.2, 0.25) is 0 Å². The fraction of sp³-hybridized carbons (Fsp3) is 0.360. The van der Waals surface area contributed by atoms with E-state index in [1.165, 1.54) is 0 Å². The molecule has 1 heterocycles. The van der Waals surface area contributed by atoms with Gasteiger partial charge in [0.05, 0.1) is 13.2 Å². The average molecular weight is 460 g/mol. The van der Waals surface area contributed by atoms with Crippen molar-refractivity contribution in [3.05, 3.63) is 58.7 Å². The monoisotopic (exact) mass is 459 g/mol. The van der Waals surface area contributed by atoms with Gasteiger partial charge in [-0.2, -0.15) is 0 Å². The van der Waals surface area contributed by atoms with Crippen LogP contribution in [0.25, 0.3) is 0 Å². The third-order valence-electron chi connectivity index (χ3n) is 4.21. The van der Waals surface area contributed by atoms with Crippen molar-refractivity contribution in [1.29, 1.82) is 0 Å². The SMILES string of the molecule is C#C.CC.CCOC=O.CSc1cccc([C@H]2OCC(=O)Nc3ccc(C)cc32)c1CO. The van der Waals surface area contributed by atoms with Crippen molar-refractivity contribution in [2.45, 2.75) is 45.3 Å². The van der Waals surface area contributed by atoms with Gasteiger partial charge in [0.25, 0.3) is 6.47 Å². The summed E-state index contributed by atoms with van der Waals surface area (Å²) in [6.07, 6.45) is 9.60. The summed E-state index contributed by atoms with van der Waals surface area (Å²) >= 11 is 1.59. The van der Waals surface area contributed by atoms with Crippen LogP contribution in [0.1, 0.15) is 49.1 Å². The number of anilines is 1. The number of amides is 1. The molecule has 1 amide bonds. The van der Waals surface area contributed by atoms with Crippen LogP contribution in [-0.4, -0.2) is 37.0 Å². The molecule has 0 radical (unpaired) electrons. The Morgan fingerprint density at radius 1 is 1.25 bits per heavy atom. The predicted octanol–water partition coefficient (Wildman–Crippen LogP) is 4.72. The van der Waals surface area contributed by atoms with E-state index < -0.39 is 0 Å². The van der Waals surface area contributed by atoms with E-state index in [1.807, 2.05) is 63.4 Å². The molecule has 0 saturated carbocycles. The van der Waals surface area contributed by atoms with Crippen LogP contribution < -0.4 is 5.32 Å². The minimum absolute atomic E-state index is 0.00718. The molecule has 7 heteroatoms. The topological polar surface area (TPSA) is 84.9 Å². The van der Waals surface area contributed by atoms with E-state index >= 15 is 0 Å². The summed E-state index contributed by atoms with van der Waals surface area (Å²) in [5.41, 5.74) is 4.54. The van der Waals surface area contributed by atoms with Crippen molar-refractivity contribution < 1.29 is 24.2 Å². The minimum Gasteiger partial charge on any atom is -0.468 e. The van der Waals surface area contributed by atoms with Crippen molar-refractivity contribution in [1.82, 2.24) is 0 Å². The highest BCUT2D eigenvalue weighted by Crippen LogP contribution is 2.38. The molecule has 6 nitrogen and oxygen atoms in total. The second-order valence-electron chi connectivity index (χ2n) is 6.07. The number of carbonyl (C=O) groups is 2. The number of aliphatic hydroxyl groups excluding tert-OH is 1. The van der Waals surface area contributed by atoms with Gasteiger partial charge >= 0.3 is 0 Å². The van der Waals surface area contributed by atoms with Crippen molar-refractivity contribution in [3.8, 4) is 12.8 Å². The van der Waals surface area contributed by atoms with Gasteiger partial charge in [-0.25, -0.2) is 0 Å². The molecule has 0 fully saturated rings. The summed E-state index contributed by atoms with van der Waals surface area (Å²) in [6, 6.07) is 11.8. The smallest absolute Gasteiger partial charge is 0.293 e. The highest BCUT2D eigenvalue weighted by Gasteiger charge is 2.26. The normalized spacial score (nSPS) is 13.8. The summed E-state index contributed by atoms with van der Waals surface area (Å²) in [6.45, 7) is 8.61. The highest BCUT2D eigenvalue weighted by molar-refractivity contribution is 7.98. The molecule has 0 aromatic heterocycles. The summed E-state index contributed by atoms with van der Waals surface area (Å²) in [7, 11) is 0. The third-order valence-corrected chi connectivity index (χ3v) is 5.03. The van der Waals surface area contributed by atoms with E-state index in [4.69, 9.17) is 4.74 Å². The molecule has 2 aromatic rings. The number of thioether (sulfide) groups is 1. The Morgan fingerprint density at radius 3 is 2.47 bits per heavy atom. The Hall–Kier alpha value is -2.79. The summed E-state index contributed by atoms with van der Waals surface area (Å²) < 4.78 is 10.0. The number of aliphatic hydroxyl groups is 1. The van der Waals surface area contributed by atoms with Gasteiger partial charge < -0.3 is 19.9 Å². The highest BCUT2D eigenvalue weighted by atomic mass is 32.2. The number of nitrogens with one attached hydrogen (secondary N) is 1. The second kappa shape index (κ2) is 16.8. The fourth-order valence-electron chi connectivity index (χ4n) is 2.96. The first kappa shape index (κ1) is 29.2. The Labute approximate surface area is 195 Å². The largest absolute Gasteiger partial charge is 0.468 e. The molecule has 0 saturated heterocycles. The maximum atomic E-state index is 11.9. The molecule has 3 rings (SSSR count). The molecule has 1 aliphatic rings. The second-order valence-corrected chi connectivity index (χ2v) is 6.92. The molecule has 0 spiro atoms. The van der Waals surface area contributed by atoms with Crippen LogP contribution in [0.4, 0.5) is 5.69 Å².